The van der Waals surface area contributed by atoms with Gasteiger partial charge in [0.15, 0.2) is 0 Å². The predicted molar refractivity (Wildman–Crippen MR) is 61.5 cm³/mol. The molecular weight excluding hydrogens is 200 g/mol. The highest BCUT2D eigenvalue weighted by Crippen LogP contribution is 2.19. The minimum absolute atomic E-state index is 0.135. The standard InChI is InChI=1S/C10H14OS2/c1-12-6-7-13-10-4-2-9(8-11)3-5-10/h2-5,11H,6-8H2,1H3. The van der Waals surface area contributed by atoms with Crippen molar-refractivity contribution in [2.75, 3.05) is 17.8 Å². The van der Waals surface area contributed by atoms with Gasteiger partial charge in [-0.05, 0) is 24.0 Å². The molecule has 0 unspecified atom stereocenters. The number of aliphatic hydroxyl groups excluding tert-OH is 1. The van der Waals surface area contributed by atoms with Gasteiger partial charge >= 0.3 is 0 Å². The summed E-state index contributed by atoms with van der Waals surface area (Å²) in [5.41, 5.74) is 0.981. The SMILES string of the molecule is CSCCSc1ccc(CO)cc1. The van der Waals surface area contributed by atoms with Gasteiger partial charge < -0.3 is 5.11 Å². The zero-order valence-corrected chi connectivity index (χ0v) is 9.33. The maximum Gasteiger partial charge on any atom is 0.0681 e. The van der Waals surface area contributed by atoms with Gasteiger partial charge in [0.1, 0.15) is 0 Å². The molecule has 0 aromatic heterocycles. The Morgan fingerprint density at radius 1 is 1.15 bits per heavy atom. The molecule has 0 aliphatic carbocycles. The predicted octanol–water partition coefficient (Wildman–Crippen LogP) is 2.63. The number of hydrogen-bond donors (Lipinski definition) is 1. The van der Waals surface area contributed by atoms with Crippen molar-refractivity contribution in [3.63, 3.8) is 0 Å². The Bertz CT molecular complexity index is 233. The molecule has 0 saturated carbocycles. The lowest BCUT2D eigenvalue weighted by Gasteiger charge is -2.01. The Morgan fingerprint density at radius 3 is 2.38 bits per heavy atom. The summed E-state index contributed by atoms with van der Waals surface area (Å²) in [5, 5.41) is 8.83. The summed E-state index contributed by atoms with van der Waals surface area (Å²) in [6, 6.07) is 8.08. The van der Waals surface area contributed by atoms with Crippen molar-refractivity contribution >= 4 is 23.5 Å². The first kappa shape index (κ1) is 11.0. The Morgan fingerprint density at radius 2 is 1.85 bits per heavy atom. The zero-order valence-electron chi connectivity index (χ0n) is 7.69. The lowest BCUT2D eigenvalue weighted by Crippen LogP contribution is -1.84. The third-order valence-electron chi connectivity index (χ3n) is 1.66. The lowest BCUT2D eigenvalue weighted by molar-refractivity contribution is 0.282. The summed E-state index contributed by atoms with van der Waals surface area (Å²) in [6.07, 6.45) is 2.12. The Hall–Kier alpha value is -0.120. The molecule has 1 rings (SSSR count). The smallest absolute Gasteiger partial charge is 0.0681 e. The van der Waals surface area contributed by atoms with E-state index in [1.807, 2.05) is 35.7 Å². The van der Waals surface area contributed by atoms with E-state index in [9.17, 15) is 0 Å². The maximum absolute atomic E-state index is 8.83. The van der Waals surface area contributed by atoms with Crippen molar-refractivity contribution in [2.24, 2.45) is 0 Å². The van der Waals surface area contributed by atoms with Gasteiger partial charge in [-0.25, -0.2) is 0 Å². The largest absolute Gasteiger partial charge is 0.392 e. The van der Waals surface area contributed by atoms with Gasteiger partial charge in [0.2, 0.25) is 0 Å². The summed E-state index contributed by atoms with van der Waals surface area (Å²) in [7, 11) is 0. The van der Waals surface area contributed by atoms with Crippen LogP contribution < -0.4 is 0 Å². The summed E-state index contributed by atoms with van der Waals surface area (Å²) >= 11 is 3.73. The van der Waals surface area contributed by atoms with Crippen LogP contribution in [0.3, 0.4) is 0 Å². The molecule has 0 saturated heterocycles. The van der Waals surface area contributed by atoms with Crippen LogP contribution in [0.25, 0.3) is 0 Å². The molecule has 0 radical (unpaired) electrons. The molecule has 0 atom stereocenters. The summed E-state index contributed by atoms with van der Waals surface area (Å²) < 4.78 is 0. The number of aliphatic hydroxyl groups is 1. The molecule has 0 spiro atoms. The molecule has 1 aromatic rings. The number of rotatable bonds is 5. The number of hydrogen-bond acceptors (Lipinski definition) is 3. The third-order valence-corrected chi connectivity index (χ3v) is 3.55. The molecule has 13 heavy (non-hydrogen) atoms. The van der Waals surface area contributed by atoms with E-state index < -0.39 is 0 Å². The van der Waals surface area contributed by atoms with E-state index in [0.717, 1.165) is 11.3 Å². The van der Waals surface area contributed by atoms with Gasteiger partial charge in [-0.2, -0.15) is 11.8 Å². The highest BCUT2D eigenvalue weighted by atomic mass is 32.2. The first-order chi connectivity index (χ1) is 6.36. The second-order valence-corrected chi connectivity index (χ2v) is 4.80. The molecule has 0 fully saturated rings. The van der Waals surface area contributed by atoms with Crippen molar-refractivity contribution in [3.8, 4) is 0 Å². The lowest BCUT2D eigenvalue weighted by atomic mass is 10.2. The zero-order chi connectivity index (χ0) is 9.52. The second-order valence-electron chi connectivity index (χ2n) is 2.64. The molecule has 0 aliphatic rings. The molecule has 3 heteroatoms. The van der Waals surface area contributed by atoms with E-state index >= 15 is 0 Å². The van der Waals surface area contributed by atoms with Gasteiger partial charge in [0, 0.05) is 16.4 Å². The van der Waals surface area contributed by atoms with Crippen LogP contribution in [-0.4, -0.2) is 22.9 Å². The van der Waals surface area contributed by atoms with Crippen molar-refractivity contribution in [3.05, 3.63) is 29.8 Å². The van der Waals surface area contributed by atoms with Crippen LogP contribution in [-0.2, 0) is 6.61 Å². The van der Waals surface area contributed by atoms with Gasteiger partial charge in [0.05, 0.1) is 6.61 Å². The van der Waals surface area contributed by atoms with Crippen molar-refractivity contribution in [1.29, 1.82) is 0 Å². The minimum atomic E-state index is 0.135. The first-order valence-electron chi connectivity index (χ1n) is 4.18. The van der Waals surface area contributed by atoms with Gasteiger partial charge in [-0.3, -0.25) is 0 Å². The fourth-order valence-corrected chi connectivity index (χ4v) is 2.50. The van der Waals surface area contributed by atoms with E-state index in [1.165, 1.54) is 10.6 Å². The van der Waals surface area contributed by atoms with E-state index in [2.05, 4.69) is 18.4 Å². The van der Waals surface area contributed by atoms with Crippen molar-refractivity contribution < 1.29 is 5.11 Å². The van der Waals surface area contributed by atoms with Gasteiger partial charge in [-0.15, -0.1) is 11.8 Å². The van der Waals surface area contributed by atoms with E-state index in [-0.39, 0.29) is 6.61 Å². The van der Waals surface area contributed by atoms with Crippen LogP contribution in [0, 0.1) is 0 Å². The summed E-state index contributed by atoms with van der Waals surface area (Å²) in [6.45, 7) is 0.135. The molecule has 0 bridgehead atoms. The Balaban J connectivity index is 2.40. The molecule has 1 nitrogen and oxygen atoms in total. The van der Waals surface area contributed by atoms with Crippen LogP contribution in [0.4, 0.5) is 0 Å². The topological polar surface area (TPSA) is 20.2 Å². The Kier molecular flexibility index (Phi) is 5.35. The highest BCUT2D eigenvalue weighted by molar-refractivity contribution is 8.02. The fourth-order valence-electron chi connectivity index (χ4n) is 0.934. The molecule has 72 valence electrons. The first-order valence-corrected chi connectivity index (χ1v) is 6.56. The van der Waals surface area contributed by atoms with Crippen LogP contribution in [0.5, 0.6) is 0 Å². The van der Waals surface area contributed by atoms with E-state index in [4.69, 9.17) is 5.11 Å². The van der Waals surface area contributed by atoms with Crippen LogP contribution >= 0.6 is 23.5 Å². The van der Waals surface area contributed by atoms with Gasteiger partial charge in [-0.1, -0.05) is 12.1 Å². The number of thioether (sulfide) groups is 2. The minimum Gasteiger partial charge on any atom is -0.392 e. The normalized spacial score (nSPS) is 10.3. The molecule has 0 heterocycles. The average molecular weight is 214 g/mol. The van der Waals surface area contributed by atoms with E-state index in [1.54, 1.807) is 0 Å². The summed E-state index contributed by atoms with van der Waals surface area (Å²) in [5.74, 6) is 2.34. The van der Waals surface area contributed by atoms with Crippen LogP contribution in [0.2, 0.25) is 0 Å². The average Bonchev–Trinajstić information content (AvgIpc) is 2.19. The van der Waals surface area contributed by atoms with Gasteiger partial charge in [0.25, 0.3) is 0 Å². The van der Waals surface area contributed by atoms with Crippen molar-refractivity contribution in [1.82, 2.24) is 0 Å². The second kappa shape index (κ2) is 6.35. The number of benzene rings is 1. The third kappa shape index (κ3) is 4.07. The van der Waals surface area contributed by atoms with Crippen LogP contribution in [0.15, 0.2) is 29.2 Å². The molecule has 1 aromatic carbocycles. The van der Waals surface area contributed by atoms with Crippen molar-refractivity contribution in [2.45, 2.75) is 11.5 Å². The maximum atomic E-state index is 8.83. The summed E-state index contributed by atoms with van der Waals surface area (Å²) in [4.78, 5) is 1.28. The molecule has 1 N–H and O–H groups in total. The van der Waals surface area contributed by atoms with Crippen LogP contribution in [0.1, 0.15) is 5.56 Å². The molecular formula is C10H14OS2. The fraction of sp³-hybridized carbons (Fsp3) is 0.400. The highest BCUT2D eigenvalue weighted by Gasteiger charge is 1.93. The monoisotopic (exact) mass is 214 g/mol. The Labute approximate surface area is 87.9 Å². The molecule has 0 aliphatic heterocycles. The quantitative estimate of drug-likeness (QED) is 0.601. The molecule has 0 amide bonds. The van der Waals surface area contributed by atoms with E-state index in [0.29, 0.717) is 0 Å².